The van der Waals surface area contributed by atoms with Gasteiger partial charge in [0.1, 0.15) is 11.2 Å². The van der Waals surface area contributed by atoms with Gasteiger partial charge in [-0.2, -0.15) is 0 Å². The van der Waals surface area contributed by atoms with Gasteiger partial charge in [-0.05, 0) is 41.3 Å². The first-order chi connectivity index (χ1) is 20.2. The van der Waals surface area contributed by atoms with Gasteiger partial charge in [0, 0.05) is 38.2 Å². The Kier molecular flexibility index (Phi) is 5.13. The van der Waals surface area contributed by atoms with Gasteiger partial charge >= 0.3 is 0 Å². The topological polar surface area (TPSA) is 38.9 Å². The van der Waals surface area contributed by atoms with Gasteiger partial charge in [-0.15, -0.1) is 0 Å². The van der Waals surface area contributed by atoms with Crippen LogP contribution in [0, 0.1) is 0 Å². The Labute approximate surface area is 236 Å². The van der Waals surface area contributed by atoms with Crippen LogP contribution in [0.1, 0.15) is 11.1 Å². The molecule has 0 fully saturated rings. The van der Waals surface area contributed by atoms with Crippen molar-refractivity contribution in [2.45, 2.75) is 0 Å². The number of hydrogen-bond donors (Lipinski definition) is 0. The normalized spacial score (nSPS) is 11.6. The molecule has 0 aliphatic heterocycles. The van der Waals surface area contributed by atoms with E-state index in [9.17, 15) is 0 Å². The number of nitrogens with zero attached hydrogens (tertiary/aromatic N) is 2. The summed E-state index contributed by atoms with van der Waals surface area (Å²) in [6.07, 6.45) is 3.79. The molecule has 5 aromatic carbocycles. The maximum atomic E-state index is 6.20. The van der Waals surface area contributed by atoms with E-state index in [2.05, 4.69) is 92.0 Å². The smallest absolute Gasteiger partial charge is 0.137 e. The molecule has 192 valence electrons. The first kappa shape index (κ1) is 23.4. The van der Waals surface area contributed by atoms with Crippen LogP contribution in [0.15, 0.2) is 127 Å². The molecule has 3 aromatic heterocycles. The molecule has 0 radical (unpaired) electrons. The van der Waals surface area contributed by atoms with Crippen molar-refractivity contribution in [3.63, 3.8) is 0 Å². The van der Waals surface area contributed by atoms with E-state index in [0.717, 1.165) is 88.2 Å². The average molecular weight is 525 g/mol. The molecule has 0 atom stereocenters. The zero-order valence-electron chi connectivity index (χ0n) is 22.3. The molecule has 0 amide bonds. The Morgan fingerprint density at radius 1 is 0.512 bits per heavy atom. The van der Waals surface area contributed by atoms with Crippen molar-refractivity contribution in [3.05, 3.63) is 133 Å². The van der Waals surface area contributed by atoms with Gasteiger partial charge in [-0.3, -0.25) is 0 Å². The lowest BCUT2D eigenvalue weighted by Gasteiger charge is -2.15. The van der Waals surface area contributed by atoms with Crippen LogP contribution in [0.2, 0.25) is 0 Å². The minimum Gasteiger partial charge on any atom is -0.456 e. The summed E-state index contributed by atoms with van der Waals surface area (Å²) < 4.78 is 6.20. The number of rotatable bonds is 4. The molecular weight excluding hydrogens is 500 g/mol. The molecule has 0 N–H and O–H groups in total. The second-order valence-corrected chi connectivity index (χ2v) is 10.2. The van der Waals surface area contributed by atoms with Crippen LogP contribution >= 0.6 is 0 Å². The third-order valence-electron chi connectivity index (χ3n) is 8.01. The number of hydrogen-bond acceptors (Lipinski definition) is 3. The maximum Gasteiger partial charge on any atom is 0.137 e. The van der Waals surface area contributed by atoms with E-state index in [0.29, 0.717) is 0 Å². The molecule has 8 aromatic rings. The molecule has 3 nitrogen and oxygen atoms in total. The fourth-order valence-electron chi connectivity index (χ4n) is 6.14. The van der Waals surface area contributed by atoms with Crippen LogP contribution in [0.3, 0.4) is 0 Å². The number of fused-ring (bicyclic) bond motifs is 8. The molecule has 0 bridgehead atoms. The second kappa shape index (κ2) is 9.00. The molecule has 0 unspecified atom stereocenters. The zero-order valence-corrected chi connectivity index (χ0v) is 22.3. The zero-order chi connectivity index (χ0) is 27.5. The largest absolute Gasteiger partial charge is 0.456 e. The summed E-state index contributed by atoms with van der Waals surface area (Å²) in [6.45, 7) is 8.35. The monoisotopic (exact) mass is 524 g/mol. The number of aromatic nitrogens is 2. The molecule has 41 heavy (non-hydrogen) atoms. The molecule has 0 aliphatic rings. The molecule has 0 aliphatic carbocycles. The molecule has 0 saturated carbocycles. The van der Waals surface area contributed by atoms with Crippen molar-refractivity contribution in [1.29, 1.82) is 0 Å². The van der Waals surface area contributed by atoms with Gasteiger partial charge in [-0.25, -0.2) is 9.97 Å². The highest BCUT2D eigenvalue weighted by Gasteiger charge is 2.19. The van der Waals surface area contributed by atoms with Crippen LogP contribution in [0.4, 0.5) is 0 Å². The molecule has 0 spiro atoms. The van der Waals surface area contributed by atoms with Crippen LogP contribution in [0.5, 0.6) is 0 Å². The van der Waals surface area contributed by atoms with Crippen molar-refractivity contribution in [2.75, 3.05) is 0 Å². The maximum absolute atomic E-state index is 6.20. The van der Waals surface area contributed by atoms with E-state index in [4.69, 9.17) is 14.4 Å². The van der Waals surface area contributed by atoms with Crippen LogP contribution < -0.4 is 0 Å². The van der Waals surface area contributed by atoms with Crippen LogP contribution in [0.25, 0.3) is 89.2 Å². The summed E-state index contributed by atoms with van der Waals surface area (Å²) in [5.41, 5.74) is 9.42. The van der Waals surface area contributed by atoms with Crippen LogP contribution in [-0.2, 0) is 0 Å². The van der Waals surface area contributed by atoms with Crippen molar-refractivity contribution in [2.24, 2.45) is 0 Å². The Hall–Kier alpha value is -5.54. The summed E-state index contributed by atoms with van der Waals surface area (Å²) >= 11 is 0. The predicted molar refractivity (Wildman–Crippen MR) is 173 cm³/mol. The van der Waals surface area contributed by atoms with Crippen molar-refractivity contribution in [3.8, 4) is 22.5 Å². The Balaban J connectivity index is 1.45. The first-order valence-electron chi connectivity index (χ1n) is 13.7. The quantitative estimate of drug-likeness (QED) is 0.215. The Morgan fingerprint density at radius 3 is 2.05 bits per heavy atom. The molecule has 0 saturated heterocycles. The van der Waals surface area contributed by atoms with Gasteiger partial charge < -0.3 is 4.42 Å². The summed E-state index contributed by atoms with van der Waals surface area (Å²) in [5, 5.41) is 6.46. The minimum absolute atomic E-state index is 0.820. The summed E-state index contributed by atoms with van der Waals surface area (Å²) in [5.74, 6) is 0. The lowest BCUT2D eigenvalue weighted by atomic mass is 9.93. The molecule has 3 heterocycles. The van der Waals surface area contributed by atoms with Crippen LogP contribution in [-0.4, -0.2) is 9.97 Å². The third-order valence-corrected chi connectivity index (χ3v) is 8.01. The third kappa shape index (κ3) is 3.46. The summed E-state index contributed by atoms with van der Waals surface area (Å²) in [7, 11) is 0. The highest BCUT2D eigenvalue weighted by molar-refractivity contribution is 6.19. The SMILES string of the molecule is C=Cc1c(-c2ccc3nc(-c4ccccc4)c4ccccc4c3c2)nc2c(ccc3oc4ccccc4c32)c1C=C. The minimum atomic E-state index is 0.820. The van der Waals surface area contributed by atoms with Gasteiger partial charge in [-0.1, -0.05) is 104 Å². The lowest BCUT2D eigenvalue weighted by Crippen LogP contribution is -1.96. The number of para-hydroxylation sites is 1. The van der Waals surface area contributed by atoms with Gasteiger partial charge in [0.2, 0.25) is 0 Å². The Bertz CT molecular complexity index is 2350. The summed E-state index contributed by atoms with van der Waals surface area (Å²) in [4.78, 5) is 10.5. The summed E-state index contributed by atoms with van der Waals surface area (Å²) in [6, 6.07) is 37.5. The average Bonchev–Trinajstić information content (AvgIpc) is 3.43. The van der Waals surface area contributed by atoms with Crippen molar-refractivity contribution < 1.29 is 4.42 Å². The van der Waals surface area contributed by atoms with Gasteiger partial charge in [0.05, 0.1) is 27.8 Å². The van der Waals surface area contributed by atoms with E-state index in [1.165, 1.54) is 0 Å². The predicted octanol–water partition coefficient (Wildman–Crippen LogP) is 10.5. The van der Waals surface area contributed by atoms with E-state index >= 15 is 0 Å². The van der Waals surface area contributed by atoms with Crippen molar-refractivity contribution >= 4 is 66.7 Å². The second-order valence-electron chi connectivity index (χ2n) is 10.2. The standard InChI is InChI=1S/C38H24N2O/c1-3-25-26(4-2)37(40-38-29(25)19-21-34-35(38)30-16-10-11-17-33(30)41-34)24-18-20-32-31(22-24)27-14-8-9-15-28(27)36(39-32)23-12-6-5-7-13-23/h3-22H,1-2H2. The highest BCUT2D eigenvalue weighted by atomic mass is 16.3. The number of pyridine rings is 2. The fraction of sp³-hybridized carbons (Fsp3) is 0. The number of benzene rings is 5. The van der Waals surface area contributed by atoms with E-state index in [1.807, 2.05) is 42.5 Å². The van der Waals surface area contributed by atoms with Gasteiger partial charge in [0.15, 0.2) is 0 Å². The van der Waals surface area contributed by atoms with Crippen molar-refractivity contribution in [1.82, 2.24) is 9.97 Å². The molecular formula is C38H24N2O. The molecule has 8 rings (SSSR count). The Morgan fingerprint density at radius 2 is 1.24 bits per heavy atom. The highest BCUT2D eigenvalue weighted by Crippen LogP contribution is 2.40. The van der Waals surface area contributed by atoms with E-state index in [-0.39, 0.29) is 0 Å². The molecule has 3 heteroatoms. The number of furan rings is 1. The first-order valence-corrected chi connectivity index (χ1v) is 13.7. The van der Waals surface area contributed by atoms with Gasteiger partial charge in [0.25, 0.3) is 0 Å². The fourth-order valence-corrected chi connectivity index (χ4v) is 6.14. The van der Waals surface area contributed by atoms with E-state index < -0.39 is 0 Å². The lowest BCUT2D eigenvalue weighted by molar-refractivity contribution is 0.669. The van der Waals surface area contributed by atoms with E-state index in [1.54, 1.807) is 0 Å².